The fourth-order valence-electron chi connectivity index (χ4n) is 2.80. The Morgan fingerprint density at radius 2 is 1.76 bits per heavy atom. The molecule has 9 nitrogen and oxygen atoms in total. The number of benzene rings is 1. The molecule has 1 saturated heterocycles. The molecule has 29 heavy (non-hydrogen) atoms. The normalized spacial score (nSPS) is 15.1. The molecular formula is C18H22ClN5O4S. The van der Waals surface area contributed by atoms with Gasteiger partial charge in [0.15, 0.2) is 6.61 Å². The Balaban J connectivity index is 1.38. The monoisotopic (exact) mass is 439 g/mol. The number of hydrogen-bond acceptors (Lipinski definition) is 7. The number of amides is 1. The SMILES string of the molecule is O=C(COc1ccc(Cl)cc1)NCCS(=O)(=O)N1CCN(c2ncccn2)CC1. The highest BCUT2D eigenvalue weighted by molar-refractivity contribution is 7.89. The van der Waals surface area contributed by atoms with Crippen molar-refractivity contribution in [2.75, 3.05) is 50.0 Å². The van der Waals surface area contributed by atoms with Crippen molar-refractivity contribution in [3.8, 4) is 5.75 Å². The number of ether oxygens (including phenoxy) is 1. The molecule has 1 amide bonds. The zero-order valence-corrected chi connectivity index (χ0v) is 17.3. The molecule has 2 heterocycles. The molecule has 0 spiro atoms. The van der Waals surface area contributed by atoms with Gasteiger partial charge in [-0.1, -0.05) is 11.6 Å². The van der Waals surface area contributed by atoms with Gasteiger partial charge in [0.25, 0.3) is 5.91 Å². The second-order valence-corrected chi connectivity index (χ2v) is 8.87. The van der Waals surface area contributed by atoms with E-state index in [1.807, 2.05) is 4.90 Å². The standard InChI is InChI=1S/C18H22ClN5O4S/c19-15-2-4-16(5-3-15)28-14-17(25)20-8-13-29(26,27)24-11-9-23(10-12-24)18-21-6-1-7-22-18/h1-7H,8-14H2,(H,20,25). The van der Waals surface area contributed by atoms with Gasteiger partial charge in [-0.3, -0.25) is 4.79 Å². The number of aromatic nitrogens is 2. The van der Waals surface area contributed by atoms with E-state index >= 15 is 0 Å². The molecule has 0 atom stereocenters. The van der Waals surface area contributed by atoms with Crippen molar-refractivity contribution in [2.45, 2.75) is 0 Å². The van der Waals surface area contributed by atoms with Crippen LogP contribution in [0.4, 0.5) is 5.95 Å². The first-order valence-electron chi connectivity index (χ1n) is 9.09. The fourth-order valence-corrected chi connectivity index (χ4v) is 4.26. The lowest BCUT2D eigenvalue weighted by Crippen LogP contribution is -2.50. The number of halogens is 1. The molecule has 3 rings (SSSR count). The molecule has 1 aromatic carbocycles. The minimum atomic E-state index is -3.46. The Hall–Kier alpha value is -2.43. The van der Waals surface area contributed by atoms with Crippen molar-refractivity contribution in [2.24, 2.45) is 0 Å². The molecule has 1 aromatic heterocycles. The first-order chi connectivity index (χ1) is 13.9. The maximum Gasteiger partial charge on any atom is 0.257 e. The van der Waals surface area contributed by atoms with Crippen molar-refractivity contribution >= 4 is 33.5 Å². The number of piperazine rings is 1. The topological polar surface area (TPSA) is 105 Å². The summed E-state index contributed by atoms with van der Waals surface area (Å²) in [7, 11) is -3.46. The van der Waals surface area contributed by atoms with Crippen molar-refractivity contribution in [3.05, 3.63) is 47.7 Å². The summed E-state index contributed by atoms with van der Waals surface area (Å²) in [5, 5.41) is 3.14. The number of carbonyl (C=O) groups is 1. The van der Waals surface area contributed by atoms with Crippen LogP contribution in [0.2, 0.25) is 5.02 Å². The summed E-state index contributed by atoms with van der Waals surface area (Å²) >= 11 is 5.78. The largest absolute Gasteiger partial charge is 0.484 e. The van der Waals surface area contributed by atoms with Gasteiger partial charge in [-0.2, -0.15) is 4.31 Å². The zero-order chi connectivity index (χ0) is 20.7. The molecule has 0 unspecified atom stereocenters. The molecule has 1 fully saturated rings. The van der Waals surface area contributed by atoms with E-state index in [1.165, 1.54) is 4.31 Å². The van der Waals surface area contributed by atoms with Crippen LogP contribution < -0.4 is 15.0 Å². The van der Waals surface area contributed by atoms with Gasteiger partial charge in [-0.25, -0.2) is 18.4 Å². The van der Waals surface area contributed by atoms with E-state index in [2.05, 4.69) is 15.3 Å². The van der Waals surface area contributed by atoms with Crippen LogP contribution >= 0.6 is 11.6 Å². The maximum atomic E-state index is 12.5. The van der Waals surface area contributed by atoms with Gasteiger partial charge < -0.3 is 15.0 Å². The molecule has 1 aliphatic rings. The van der Waals surface area contributed by atoms with E-state index in [4.69, 9.17) is 16.3 Å². The molecule has 0 radical (unpaired) electrons. The minimum absolute atomic E-state index is 0.0210. The van der Waals surface area contributed by atoms with Gasteiger partial charge >= 0.3 is 0 Å². The minimum Gasteiger partial charge on any atom is -0.484 e. The molecule has 0 aliphatic carbocycles. The van der Waals surface area contributed by atoms with Crippen molar-refractivity contribution in [1.82, 2.24) is 19.6 Å². The number of sulfonamides is 1. The Morgan fingerprint density at radius 1 is 1.10 bits per heavy atom. The van der Waals surface area contributed by atoms with Crippen LogP contribution in [0.3, 0.4) is 0 Å². The smallest absolute Gasteiger partial charge is 0.257 e. The Labute approximate surface area is 174 Å². The molecule has 1 N–H and O–H groups in total. The summed E-state index contributed by atoms with van der Waals surface area (Å²) in [6, 6.07) is 8.36. The van der Waals surface area contributed by atoms with E-state index in [0.29, 0.717) is 42.9 Å². The lowest BCUT2D eigenvalue weighted by Gasteiger charge is -2.33. The van der Waals surface area contributed by atoms with Crippen LogP contribution in [0.5, 0.6) is 5.75 Å². The Morgan fingerprint density at radius 3 is 2.41 bits per heavy atom. The van der Waals surface area contributed by atoms with Crippen molar-refractivity contribution in [3.63, 3.8) is 0 Å². The van der Waals surface area contributed by atoms with E-state index in [-0.39, 0.29) is 24.8 Å². The lowest BCUT2D eigenvalue weighted by atomic mass is 10.3. The molecule has 1 aliphatic heterocycles. The van der Waals surface area contributed by atoms with E-state index in [1.54, 1.807) is 42.7 Å². The highest BCUT2D eigenvalue weighted by Crippen LogP contribution is 2.15. The average molecular weight is 440 g/mol. The summed E-state index contributed by atoms with van der Waals surface area (Å²) < 4.78 is 31.8. The van der Waals surface area contributed by atoms with Gasteiger partial charge in [0.1, 0.15) is 5.75 Å². The van der Waals surface area contributed by atoms with Crippen LogP contribution in [0, 0.1) is 0 Å². The number of nitrogens with one attached hydrogen (secondary N) is 1. The third-order valence-corrected chi connectivity index (χ3v) is 6.46. The van der Waals surface area contributed by atoms with Crippen LogP contribution in [-0.2, 0) is 14.8 Å². The molecule has 0 saturated carbocycles. The predicted molar refractivity (Wildman–Crippen MR) is 110 cm³/mol. The first-order valence-corrected chi connectivity index (χ1v) is 11.1. The second kappa shape index (κ2) is 9.86. The number of carbonyl (C=O) groups excluding carboxylic acids is 1. The average Bonchev–Trinajstić information content (AvgIpc) is 2.74. The molecule has 0 bridgehead atoms. The summed E-state index contributed by atoms with van der Waals surface area (Å²) in [5.41, 5.74) is 0. The molecular weight excluding hydrogens is 418 g/mol. The highest BCUT2D eigenvalue weighted by Gasteiger charge is 2.27. The third-order valence-electron chi connectivity index (χ3n) is 4.33. The lowest BCUT2D eigenvalue weighted by molar-refractivity contribution is -0.122. The van der Waals surface area contributed by atoms with Crippen molar-refractivity contribution in [1.29, 1.82) is 0 Å². The fraction of sp³-hybridized carbons (Fsp3) is 0.389. The number of hydrogen-bond donors (Lipinski definition) is 1. The number of nitrogens with zero attached hydrogens (tertiary/aromatic N) is 4. The Bertz CT molecular complexity index is 904. The predicted octanol–water partition coefficient (Wildman–Crippen LogP) is 0.777. The van der Waals surface area contributed by atoms with Crippen LogP contribution in [0.25, 0.3) is 0 Å². The van der Waals surface area contributed by atoms with Crippen molar-refractivity contribution < 1.29 is 17.9 Å². The highest BCUT2D eigenvalue weighted by atomic mass is 35.5. The summed E-state index contributed by atoms with van der Waals surface area (Å²) in [6.07, 6.45) is 3.32. The summed E-state index contributed by atoms with van der Waals surface area (Å²) in [5.74, 6) is 0.553. The van der Waals surface area contributed by atoms with Gasteiger partial charge in [0.2, 0.25) is 16.0 Å². The maximum absolute atomic E-state index is 12.5. The first kappa shape index (κ1) is 21.3. The summed E-state index contributed by atoms with van der Waals surface area (Å²) in [6.45, 7) is 1.57. The Kier molecular flexibility index (Phi) is 7.24. The van der Waals surface area contributed by atoms with Crippen LogP contribution in [0.15, 0.2) is 42.7 Å². The number of anilines is 1. The molecule has 2 aromatic rings. The second-order valence-electron chi connectivity index (χ2n) is 6.34. The van der Waals surface area contributed by atoms with Gasteiger partial charge in [-0.15, -0.1) is 0 Å². The zero-order valence-electron chi connectivity index (χ0n) is 15.7. The van der Waals surface area contributed by atoms with Gasteiger partial charge in [0.05, 0.1) is 5.75 Å². The molecule has 156 valence electrons. The van der Waals surface area contributed by atoms with Gasteiger partial charge in [-0.05, 0) is 30.3 Å². The van der Waals surface area contributed by atoms with E-state index in [0.717, 1.165) is 0 Å². The van der Waals surface area contributed by atoms with Crippen LogP contribution in [0.1, 0.15) is 0 Å². The van der Waals surface area contributed by atoms with Crippen LogP contribution in [-0.4, -0.2) is 73.7 Å². The number of rotatable bonds is 8. The van der Waals surface area contributed by atoms with Gasteiger partial charge in [0, 0.05) is 50.1 Å². The summed E-state index contributed by atoms with van der Waals surface area (Å²) in [4.78, 5) is 22.2. The molecule has 11 heteroatoms. The van der Waals surface area contributed by atoms with E-state index < -0.39 is 10.0 Å². The van der Waals surface area contributed by atoms with E-state index in [9.17, 15) is 13.2 Å². The third kappa shape index (κ3) is 6.28. The quantitative estimate of drug-likeness (QED) is 0.647.